The van der Waals surface area contributed by atoms with E-state index in [1.165, 1.54) is 31.8 Å². The van der Waals surface area contributed by atoms with Gasteiger partial charge in [0.05, 0.1) is 29.7 Å². The third-order valence-electron chi connectivity index (χ3n) is 12.3. The molecule has 0 saturated carbocycles. The number of halogens is 2. The van der Waals surface area contributed by atoms with Crippen LogP contribution < -0.4 is 32.8 Å². The SMILES string of the molecule is Cn1c(=O)oc2ccc(CNC(=O)c3cc(C(=O)NCC4CCN(S(C)(=O)=O)CC4)n4ncc(F)c4n3)cc21.Cn1c(=O)oc2ccc(CNC(=O)c3cc(C(=O)NCc4ccccc4)n4ncc(F)c4n3)cc21. The van der Waals surface area contributed by atoms with Gasteiger partial charge in [-0.3, -0.25) is 28.3 Å². The van der Waals surface area contributed by atoms with Gasteiger partial charge in [0.15, 0.2) is 34.1 Å². The van der Waals surface area contributed by atoms with Gasteiger partial charge in [-0.15, -0.1) is 0 Å². The minimum Gasteiger partial charge on any atom is -0.408 e. The molecule has 3 aromatic carbocycles. The summed E-state index contributed by atoms with van der Waals surface area (Å²) in [7, 11) is -0.102. The van der Waals surface area contributed by atoms with E-state index in [1.54, 1.807) is 50.5 Å². The third-order valence-corrected chi connectivity index (χ3v) is 13.6. The number of nitrogens with one attached hydrogen (secondary N) is 4. The number of fused-ring (bicyclic) bond motifs is 4. The average molecular weight is 1030 g/mol. The van der Waals surface area contributed by atoms with Crippen molar-refractivity contribution in [2.24, 2.45) is 20.0 Å². The molecule has 23 nitrogen and oxygen atoms in total. The molecule has 1 aliphatic rings. The molecule has 26 heteroatoms. The van der Waals surface area contributed by atoms with Crippen molar-refractivity contribution < 1.29 is 45.2 Å². The first kappa shape index (κ1) is 50.0. The fraction of sp³-hybridized carbons (Fsp3) is 0.250. The highest BCUT2D eigenvalue weighted by Crippen LogP contribution is 2.20. The molecule has 1 saturated heterocycles. The summed E-state index contributed by atoms with van der Waals surface area (Å²) in [4.78, 5) is 83.2. The molecule has 7 heterocycles. The molecule has 382 valence electrons. The molecule has 10 rings (SSSR count). The van der Waals surface area contributed by atoms with E-state index < -0.39 is 56.8 Å². The lowest BCUT2D eigenvalue weighted by Crippen LogP contribution is -2.41. The minimum absolute atomic E-state index is 0.0326. The lowest BCUT2D eigenvalue weighted by molar-refractivity contribution is 0.0924. The summed E-state index contributed by atoms with van der Waals surface area (Å²) >= 11 is 0. The van der Waals surface area contributed by atoms with Crippen LogP contribution in [0.2, 0.25) is 0 Å². The largest absolute Gasteiger partial charge is 0.419 e. The summed E-state index contributed by atoms with van der Waals surface area (Å²) in [6, 6.07) is 21.9. The molecule has 4 N–H and O–H groups in total. The summed E-state index contributed by atoms with van der Waals surface area (Å²) in [5.41, 5.74) is 3.33. The van der Waals surface area contributed by atoms with E-state index in [0.29, 0.717) is 59.3 Å². The van der Waals surface area contributed by atoms with Crippen molar-refractivity contribution in [2.45, 2.75) is 32.5 Å². The van der Waals surface area contributed by atoms with Crippen LogP contribution in [0, 0.1) is 17.6 Å². The van der Waals surface area contributed by atoms with Crippen molar-refractivity contribution in [1.82, 2.24) is 63.9 Å². The number of benzene rings is 3. The van der Waals surface area contributed by atoms with Gasteiger partial charge in [-0.05, 0) is 59.7 Å². The smallest absolute Gasteiger partial charge is 0.408 e. The fourth-order valence-electron chi connectivity index (χ4n) is 8.18. The van der Waals surface area contributed by atoms with Crippen LogP contribution in [-0.2, 0) is 43.8 Å². The monoisotopic (exact) mass is 1030 g/mol. The van der Waals surface area contributed by atoms with Crippen LogP contribution in [0.25, 0.3) is 33.5 Å². The molecule has 0 bridgehead atoms. The second-order valence-corrected chi connectivity index (χ2v) is 19.3. The highest BCUT2D eigenvalue weighted by Gasteiger charge is 2.27. The van der Waals surface area contributed by atoms with E-state index in [2.05, 4.69) is 41.4 Å². The van der Waals surface area contributed by atoms with Crippen LogP contribution in [-0.4, -0.2) is 101 Å². The second-order valence-electron chi connectivity index (χ2n) is 17.3. The number of piperidine rings is 1. The number of nitrogens with zero attached hydrogens (tertiary/aromatic N) is 9. The molecule has 6 aromatic heterocycles. The summed E-state index contributed by atoms with van der Waals surface area (Å²) in [5, 5.41) is 18.7. The molecule has 74 heavy (non-hydrogen) atoms. The Labute approximate surface area is 416 Å². The number of hydrogen-bond donors (Lipinski definition) is 4. The molecular weight excluding hydrogens is 989 g/mol. The van der Waals surface area contributed by atoms with Crippen LogP contribution in [0.4, 0.5) is 8.78 Å². The number of amides is 4. The molecule has 0 aliphatic carbocycles. The lowest BCUT2D eigenvalue weighted by Gasteiger charge is -2.30. The van der Waals surface area contributed by atoms with E-state index >= 15 is 0 Å². The zero-order valence-electron chi connectivity index (χ0n) is 39.7. The minimum atomic E-state index is -3.26. The zero-order chi connectivity index (χ0) is 52.4. The second kappa shape index (κ2) is 20.7. The van der Waals surface area contributed by atoms with Crippen molar-refractivity contribution in [1.29, 1.82) is 0 Å². The highest BCUT2D eigenvalue weighted by molar-refractivity contribution is 7.88. The van der Waals surface area contributed by atoms with Gasteiger partial charge in [0, 0.05) is 65.5 Å². The molecule has 0 spiro atoms. The molecule has 1 aliphatic heterocycles. The van der Waals surface area contributed by atoms with Crippen molar-refractivity contribution in [3.05, 3.63) is 163 Å². The van der Waals surface area contributed by atoms with Crippen LogP contribution in [0.1, 0.15) is 71.5 Å². The Kier molecular flexibility index (Phi) is 14.0. The molecule has 0 atom stereocenters. The molecule has 9 aromatic rings. The molecule has 1 fully saturated rings. The lowest BCUT2D eigenvalue weighted by atomic mass is 9.98. The Balaban J connectivity index is 0.000000183. The van der Waals surface area contributed by atoms with Crippen molar-refractivity contribution in [2.75, 3.05) is 25.9 Å². The van der Waals surface area contributed by atoms with Crippen molar-refractivity contribution in [3.8, 4) is 0 Å². The molecule has 4 amide bonds. The molecule has 0 unspecified atom stereocenters. The first-order chi connectivity index (χ1) is 35.4. The Hall–Kier alpha value is -8.91. The maximum absolute atomic E-state index is 14.4. The summed E-state index contributed by atoms with van der Waals surface area (Å²) in [6.45, 7) is 1.46. The summed E-state index contributed by atoms with van der Waals surface area (Å²) in [6.07, 6.45) is 4.18. The van der Waals surface area contributed by atoms with Gasteiger partial charge in [-0.25, -0.2) is 50.1 Å². The van der Waals surface area contributed by atoms with E-state index in [-0.39, 0.29) is 66.2 Å². The predicted octanol–water partition coefficient (Wildman–Crippen LogP) is 2.82. The van der Waals surface area contributed by atoms with Gasteiger partial charge >= 0.3 is 11.5 Å². The van der Waals surface area contributed by atoms with Gasteiger partial charge in [-0.1, -0.05) is 42.5 Å². The normalized spacial score (nSPS) is 13.3. The number of sulfonamides is 1. The maximum Gasteiger partial charge on any atom is 0.419 e. The number of aromatic nitrogens is 8. The van der Waals surface area contributed by atoms with Gasteiger partial charge in [-0.2, -0.15) is 10.2 Å². The highest BCUT2D eigenvalue weighted by atomic mass is 32.2. The molecular formula is C48H45F2N13O10S. The average Bonchev–Trinajstić information content (AvgIpc) is 4.14. The first-order valence-electron chi connectivity index (χ1n) is 22.8. The summed E-state index contributed by atoms with van der Waals surface area (Å²) in [5.74, 6) is -4.83. The Morgan fingerprint density at radius 2 is 1.07 bits per heavy atom. The third kappa shape index (κ3) is 10.7. The van der Waals surface area contributed by atoms with Crippen molar-refractivity contribution >= 4 is 67.1 Å². The number of carbonyl (C=O) groups is 4. The predicted molar refractivity (Wildman–Crippen MR) is 260 cm³/mol. The van der Waals surface area contributed by atoms with Crippen LogP contribution in [0.15, 0.2) is 110 Å². The van der Waals surface area contributed by atoms with Gasteiger partial charge in [0.25, 0.3) is 23.6 Å². The quantitative estimate of drug-likeness (QED) is 0.129. The van der Waals surface area contributed by atoms with E-state index in [4.69, 9.17) is 8.83 Å². The molecule has 0 radical (unpaired) electrons. The Morgan fingerprint density at radius 3 is 1.54 bits per heavy atom. The number of aryl methyl sites for hydroxylation is 2. The summed E-state index contributed by atoms with van der Waals surface area (Å²) < 4.78 is 68.5. The standard InChI is InChI=1S/C24H26FN7O6S.C24H19FN6O4/c1-30-18-9-15(3-4-20(18)38-24(30)35)12-26-22(33)17-10-19(32-21(29-17)16(25)13-28-32)23(34)27-11-14-5-7-31(8-6-14)39(2,36)37;1-30-18-9-15(7-8-20(18)35-24(30)34)12-26-22(32)17-10-19(31-21(29-17)16(25)13-28-31)23(33)27-11-14-5-3-2-4-6-14/h3-4,9-10,13-14H,5-8,11-12H2,1-2H3,(H,26,33)(H,27,34);2-10,13H,11-12H2,1H3,(H,26,32)(H,27,33). The number of carbonyl (C=O) groups excluding carboxylic acids is 4. The maximum atomic E-state index is 14.4. The first-order valence-corrected chi connectivity index (χ1v) is 24.6. The van der Waals surface area contributed by atoms with Crippen molar-refractivity contribution in [3.63, 3.8) is 0 Å². The Morgan fingerprint density at radius 1 is 0.622 bits per heavy atom. The van der Waals surface area contributed by atoms with Gasteiger partial charge < -0.3 is 30.1 Å². The Bertz CT molecular complexity index is 3890. The number of oxazole rings is 2. The van der Waals surface area contributed by atoms with E-state index in [0.717, 1.165) is 27.0 Å². The van der Waals surface area contributed by atoms with Crippen LogP contribution in [0.5, 0.6) is 0 Å². The number of hydrogen-bond acceptors (Lipinski definition) is 14. The van der Waals surface area contributed by atoms with Crippen LogP contribution in [0.3, 0.4) is 0 Å². The van der Waals surface area contributed by atoms with Gasteiger partial charge in [0.1, 0.15) is 22.8 Å². The van der Waals surface area contributed by atoms with E-state index in [9.17, 15) is 46.0 Å². The topological polar surface area (TPSA) is 284 Å². The van der Waals surface area contributed by atoms with Crippen LogP contribution >= 0.6 is 0 Å². The van der Waals surface area contributed by atoms with E-state index in [1.807, 2.05) is 30.3 Å². The van der Waals surface area contributed by atoms with Gasteiger partial charge in [0.2, 0.25) is 10.0 Å². The zero-order valence-corrected chi connectivity index (χ0v) is 40.5. The number of rotatable bonds is 13. The fourth-order valence-corrected chi connectivity index (χ4v) is 9.05.